The Bertz CT molecular complexity index is 630. The second-order valence-electron chi connectivity index (χ2n) is 10.1. The van der Waals surface area contributed by atoms with Gasteiger partial charge in [-0.2, -0.15) is 0 Å². The Morgan fingerprint density at radius 1 is 0.786 bits per heavy atom. The number of hydrogen-bond acceptors (Lipinski definition) is 0. The lowest BCUT2D eigenvalue weighted by Gasteiger charge is -2.49. The highest BCUT2D eigenvalue weighted by atomic mass is 19.2. The maximum Gasteiger partial charge on any atom is 0.159 e. The van der Waals surface area contributed by atoms with E-state index in [-0.39, 0.29) is 5.41 Å². The van der Waals surface area contributed by atoms with Crippen LogP contribution in [0, 0.1) is 35.3 Å². The Labute approximate surface area is 170 Å². The molecule has 28 heavy (non-hydrogen) atoms. The fraction of sp³-hybridized carbons (Fsp3) is 0.769. The van der Waals surface area contributed by atoms with Gasteiger partial charge in [0, 0.05) is 0 Å². The SMILES string of the molecule is CCC1CCC(C2CCC(c3ccc(F)c(F)c3)(C3CCCCC3)CC2)CC1. The molecule has 0 saturated heterocycles. The minimum atomic E-state index is -0.705. The summed E-state index contributed by atoms with van der Waals surface area (Å²) in [6.07, 6.45) is 18.5. The highest BCUT2D eigenvalue weighted by Crippen LogP contribution is 2.53. The quantitative estimate of drug-likeness (QED) is 0.487. The molecule has 0 amide bonds. The minimum absolute atomic E-state index is 0.0894. The van der Waals surface area contributed by atoms with Crippen LogP contribution in [0.1, 0.15) is 102 Å². The second-order valence-corrected chi connectivity index (χ2v) is 10.1. The maximum atomic E-state index is 14.1. The smallest absolute Gasteiger partial charge is 0.159 e. The minimum Gasteiger partial charge on any atom is -0.204 e. The molecule has 3 saturated carbocycles. The summed E-state index contributed by atoms with van der Waals surface area (Å²) in [5, 5.41) is 0. The van der Waals surface area contributed by atoms with Gasteiger partial charge in [0.25, 0.3) is 0 Å². The van der Waals surface area contributed by atoms with Crippen molar-refractivity contribution in [2.24, 2.45) is 23.7 Å². The van der Waals surface area contributed by atoms with Gasteiger partial charge in [-0.05, 0) is 98.1 Å². The molecule has 0 bridgehead atoms. The van der Waals surface area contributed by atoms with E-state index in [1.54, 1.807) is 0 Å². The maximum absolute atomic E-state index is 14.1. The second kappa shape index (κ2) is 8.84. The van der Waals surface area contributed by atoms with Gasteiger partial charge in [-0.15, -0.1) is 0 Å². The van der Waals surface area contributed by atoms with Crippen LogP contribution in [0.4, 0.5) is 8.78 Å². The molecular weight excluding hydrogens is 350 g/mol. The number of rotatable bonds is 4. The molecule has 2 heteroatoms. The summed E-state index contributed by atoms with van der Waals surface area (Å²) in [4.78, 5) is 0. The van der Waals surface area contributed by atoms with Crippen LogP contribution in [0.3, 0.4) is 0 Å². The predicted molar refractivity (Wildman–Crippen MR) is 112 cm³/mol. The van der Waals surface area contributed by atoms with Crippen molar-refractivity contribution in [1.82, 2.24) is 0 Å². The predicted octanol–water partition coefficient (Wildman–Crippen LogP) is 8.19. The molecule has 4 rings (SSSR count). The molecule has 1 aromatic rings. The highest BCUT2D eigenvalue weighted by Gasteiger charge is 2.45. The zero-order valence-electron chi connectivity index (χ0n) is 17.7. The number of benzene rings is 1. The van der Waals surface area contributed by atoms with Crippen LogP contribution in [-0.2, 0) is 5.41 Å². The molecular formula is C26H38F2. The summed E-state index contributed by atoms with van der Waals surface area (Å²) in [6, 6.07) is 4.81. The third-order valence-electron chi connectivity index (χ3n) is 8.94. The zero-order valence-corrected chi connectivity index (χ0v) is 17.7. The molecule has 156 valence electrons. The molecule has 0 heterocycles. The van der Waals surface area contributed by atoms with Crippen LogP contribution in [0.2, 0.25) is 0 Å². The van der Waals surface area contributed by atoms with Gasteiger partial charge in [0.2, 0.25) is 0 Å². The monoisotopic (exact) mass is 388 g/mol. The van der Waals surface area contributed by atoms with E-state index < -0.39 is 11.6 Å². The molecule has 0 spiro atoms. The molecule has 3 aliphatic carbocycles. The summed E-state index contributed by atoms with van der Waals surface area (Å²) in [6.45, 7) is 2.34. The van der Waals surface area contributed by atoms with Gasteiger partial charge in [0.1, 0.15) is 0 Å². The van der Waals surface area contributed by atoms with Crippen molar-refractivity contribution in [2.45, 2.75) is 102 Å². The first kappa shape index (κ1) is 20.4. The summed E-state index contributed by atoms with van der Waals surface area (Å²) in [7, 11) is 0. The van der Waals surface area contributed by atoms with Crippen molar-refractivity contribution in [3.8, 4) is 0 Å². The van der Waals surface area contributed by atoms with Gasteiger partial charge in [-0.25, -0.2) is 8.78 Å². The fourth-order valence-electron chi connectivity index (χ4n) is 7.09. The first-order chi connectivity index (χ1) is 13.6. The third-order valence-corrected chi connectivity index (χ3v) is 8.94. The fourth-order valence-corrected chi connectivity index (χ4v) is 7.09. The lowest BCUT2D eigenvalue weighted by atomic mass is 9.55. The van der Waals surface area contributed by atoms with E-state index in [0.717, 1.165) is 23.3 Å². The average molecular weight is 389 g/mol. The molecule has 0 unspecified atom stereocenters. The summed E-state index contributed by atoms with van der Waals surface area (Å²) < 4.78 is 27.8. The Balaban J connectivity index is 1.51. The molecule has 3 fully saturated rings. The first-order valence-electron chi connectivity index (χ1n) is 12.1. The van der Waals surface area contributed by atoms with Gasteiger partial charge in [-0.3, -0.25) is 0 Å². The van der Waals surface area contributed by atoms with Crippen LogP contribution in [-0.4, -0.2) is 0 Å². The third kappa shape index (κ3) is 4.03. The molecule has 0 aromatic heterocycles. The van der Waals surface area contributed by atoms with Crippen molar-refractivity contribution in [3.05, 3.63) is 35.4 Å². The van der Waals surface area contributed by atoms with E-state index in [4.69, 9.17) is 0 Å². The van der Waals surface area contributed by atoms with E-state index in [2.05, 4.69) is 6.92 Å². The molecule has 0 radical (unpaired) electrons. The van der Waals surface area contributed by atoms with Gasteiger partial charge in [0.05, 0.1) is 0 Å². The van der Waals surface area contributed by atoms with Crippen molar-refractivity contribution in [1.29, 1.82) is 0 Å². The van der Waals surface area contributed by atoms with Crippen LogP contribution < -0.4 is 0 Å². The summed E-state index contributed by atoms with van der Waals surface area (Å²) in [5.41, 5.74) is 1.18. The largest absolute Gasteiger partial charge is 0.204 e. The number of hydrogen-bond donors (Lipinski definition) is 0. The van der Waals surface area contributed by atoms with Gasteiger partial charge in [0.15, 0.2) is 11.6 Å². The van der Waals surface area contributed by atoms with Gasteiger partial charge >= 0.3 is 0 Å². The Morgan fingerprint density at radius 2 is 1.43 bits per heavy atom. The van der Waals surface area contributed by atoms with E-state index >= 15 is 0 Å². The van der Waals surface area contributed by atoms with Crippen LogP contribution in [0.15, 0.2) is 18.2 Å². The van der Waals surface area contributed by atoms with Gasteiger partial charge in [-0.1, -0.05) is 51.5 Å². The molecule has 0 nitrogen and oxygen atoms in total. The van der Waals surface area contributed by atoms with Crippen LogP contribution >= 0.6 is 0 Å². The van der Waals surface area contributed by atoms with E-state index in [0.29, 0.717) is 5.92 Å². The van der Waals surface area contributed by atoms with Crippen molar-refractivity contribution in [3.63, 3.8) is 0 Å². The number of halogens is 2. The average Bonchev–Trinajstić information content (AvgIpc) is 2.76. The Morgan fingerprint density at radius 3 is 2.04 bits per heavy atom. The lowest BCUT2D eigenvalue weighted by Crippen LogP contribution is -2.41. The normalized spacial score (nSPS) is 35.0. The van der Waals surface area contributed by atoms with E-state index in [9.17, 15) is 8.78 Å². The van der Waals surface area contributed by atoms with Crippen molar-refractivity contribution < 1.29 is 8.78 Å². The Kier molecular flexibility index (Phi) is 6.43. The van der Waals surface area contributed by atoms with E-state index in [1.165, 1.54) is 102 Å². The summed E-state index contributed by atoms with van der Waals surface area (Å²) in [5.74, 6) is 2.03. The van der Waals surface area contributed by atoms with Crippen LogP contribution in [0.5, 0.6) is 0 Å². The van der Waals surface area contributed by atoms with Crippen molar-refractivity contribution in [2.75, 3.05) is 0 Å². The highest BCUT2D eigenvalue weighted by molar-refractivity contribution is 5.29. The first-order valence-corrected chi connectivity index (χ1v) is 12.1. The van der Waals surface area contributed by atoms with E-state index in [1.807, 2.05) is 6.07 Å². The van der Waals surface area contributed by atoms with Crippen LogP contribution in [0.25, 0.3) is 0 Å². The molecule has 1 aromatic carbocycles. The lowest BCUT2D eigenvalue weighted by molar-refractivity contribution is 0.0847. The topological polar surface area (TPSA) is 0 Å². The zero-order chi connectivity index (χ0) is 19.6. The van der Waals surface area contributed by atoms with Crippen molar-refractivity contribution >= 4 is 0 Å². The summed E-state index contributed by atoms with van der Waals surface area (Å²) >= 11 is 0. The Hall–Kier alpha value is -0.920. The molecule has 0 aliphatic heterocycles. The molecule has 3 aliphatic rings. The van der Waals surface area contributed by atoms with Gasteiger partial charge < -0.3 is 0 Å². The molecule has 0 N–H and O–H groups in total. The standard InChI is InChI=1S/C26H38F2/c1-2-19-8-10-20(11-9-19)21-14-16-26(17-15-21,22-6-4-3-5-7-22)23-12-13-24(27)25(28)18-23/h12-13,18-22H,2-11,14-17H2,1H3. The molecule has 0 atom stereocenters.